The Hall–Kier alpha value is -1.79. The fourth-order valence-electron chi connectivity index (χ4n) is 2.34. The molecule has 1 aromatic rings. The van der Waals surface area contributed by atoms with Gasteiger partial charge < -0.3 is 21.1 Å². The lowest BCUT2D eigenvalue weighted by Gasteiger charge is -2.23. The maximum absolute atomic E-state index is 12.1. The van der Waals surface area contributed by atoms with Gasteiger partial charge in [0.1, 0.15) is 5.75 Å². The van der Waals surface area contributed by atoms with Gasteiger partial charge in [-0.2, -0.15) is 0 Å². The first-order valence-corrected chi connectivity index (χ1v) is 8.45. The van der Waals surface area contributed by atoms with Crippen molar-refractivity contribution in [3.63, 3.8) is 0 Å². The van der Waals surface area contributed by atoms with E-state index in [4.69, 9.17) is 10.5 Å². The Bertz CT molecular complexity index is 538. The maximum Gasteiger partial charge on any atom is 0.239 e. The molecular weight excluding hydrogens is 342 g/mol. The van der Waals surface area contributed by atoms with Gasteiger partial charge in [-0.05, 0) is 24.8 Å². The van der Waals surface area contributed by atoms with Gasteiger partial charge in [-0.3, -0.25) is 9.59 Å². The van der Waals surface area contributed by atoms with Crippen LogP contribution in [-0.4, -0.2) is 31.5 Å². The predicted molar refractivity (Wildman–Crippen MR) is 102 cm³/mol. The SMILES string of the molecule is CCCOc1ccccc1C(CC(C)C)NC(=O)CNC(=O)CN.Cl. The highest BCUT2D eigenvalue weighted by atomic mass is 35.5. The van der Waals surface area contributed by atoms with E-state index in [-0.39, 0.29) is 43.4 Å². The summed E-state index contributed by atoms with van der Waals surface area (Å²) in [5, 5.41) is 5.47. The first-order valence-electron chi connectivity index (χ1n) is 8.45. The Morgan fingerprint density at radius 1 is 1.20 bits per heavy atom. The van der Waals surface area contributed by atoms with Crippen LogP contribution in [0.4, 0.5) is 0 Å². The lowest BCUT2D eigenvalue weighted by atomic mass is 9.96. The summed E-state index contributed by atoms with van der Waals surface area (Å²) in [5.74, 6) is 0.592. The molecule has 25 heavy (non-hydrogen) atoms. The topological polar surface area (TPSA) is 93.5 Å². The van der Waals surface area contributed by atoms with Crippen LogP contribution in [0, 0.1) is 5.92 Å². The third kappa shape index (κ3) is 8.74. The van der Waals surface area contributed by atoms with E-state index in [0.717, 1.165) is 24.2 Å². The summed E-state index contributed by atoms with van der Waals surface area (Å²) in [6, 6.07) is 7.58. The van der Waals surface area contributed by atoms with Crippen LogP contribution in [0.5, 0.6) is 5.75 Å². The molecule has 0 saturated heterocycles. The molecule has 1 aromatic carbocycles. The summed E-state index contributed by atoms with van der Waals surface area (Å²) in [5.41, 5.74) is 6.18. The van der Waals surface area contributed by atoms with Gasteiger partial charge in [0.05, 0.1) is 25.7 Å². The number of carbonyl (C=O) groups is 2. The number of hydrogen-bond acceptors (Lipinski definition) is 4. The molecule has 0 aliphatic carbocycles. The Labute approximate surface area is 156 Å². The van der Waals surface area contributed by atoms with Crippen molar-refractivity contribution in [1.29, 1.82) is 0 Å². The minimum Gasteiger partial charge on any atom is -0.493 e. The second-order valence-electron chi connectivity index (χ2n) is 6.12. The molecule has 0 heterocycles. The highest BCUT2D eigenvalue weighted by molar-refractivity contribution is 5.86. The van der Waals surface area contributed by atoms with E-state index >= 15 is 0 Å². The minimum absolute atomic E-state index is 0. The molecule has 1 rings (SSSR count). The number of nitrogens with one attached hydrogen (secondary N) is 2. The number of carbonyl (C=O) groups excluding carboxylic acids is 2. The molecule has 4 N–H and O–H groups in total. The third-order valence-corrected chi connectivity index (χ3v) is 3.43. The van der Waals surface area contributed by atoms with Gasteiger partial charge in [-0.1, -0.05) is 39.0 Å². The average molecular weight is 372 g/mol. The molecule has 0 fully saturated rings. The number of nitrogens with two attached hydrogens (primary N) is 1. The fourth-order valence-corrected chi connectivity index (χ4v) is 2.34. The van der Waals surface area contributed by atoms with Crippen molar-refractivity contribution in [2.75, 3.05) is 19.7 Å². The van der Waals surface area contributed by atoms with E-state index < -0.39 is 0 Å². The molecule has 7 heteroatoms. The van der Waals surface area contributed by atoms with E-state index in [9.17, 15) is 9.59 Å². The zero-order valence-electron chi connectivity index (χ0n) is 15.2. The number of hydrogen-bond donors (Lipinski definition) is 3. The van der Waals surface area contributed by atoms with Crippen LogP contribution in [0.3, 0.4) is 0 Å². The summed E-state index contributed by atoms with van der Waals surface area (Å²) in [6.07, 6.45) is 1.70. The quantitative estimate of drug-likeness (QED) is 0.587. The lowest BCUT2D eigenvalue weighted by Crippen LogP contribution is -2.41. The second kappa shape index (κ2) is 12.6. The van der Waals surface area contributed by atoms with Crippen molar-refractivity contribution in [2.45, 2.75) is 39.7 Å². The van der Waals surface area contributed by atoms with Crippen LogP contribution in [0.15, 0.2) is 24.3 Å². The highest BCUT2D eigenvalue weighted by Gasteiger charge is 2.20. The Kier molecular flexibility index (Phi) is 11.7. The number of rotatable bonds is 10. The summed E-state index contributed by atoms with van der Waals surface area (Å²) in [7, 11) is 0. The molecule has 6 nitrogen and oxygen atoms in total. The van der Waals surface area contributed by atoms with Crippen LogP contribution in [0.2, 0.25) is 0 Å². The number of amides is 2. The van der Waals surface area contributed by atoms with Crippen LogP contribution >= 0.6 is 12.4 Å². The molecule has 1 atom stereocenters. The van der Waals surface area contributed by atoms with Crippen molar-refractivity contribution in [2.24, 2.45) is 11.7 Å². The number of ether oxygens (including phenoxy) is 1. The number of para-hydroxylation sites is 1. The largest absolute Gasteiger partial charge is 0.493 e. The van der Waals surface area contributed by atoms with Crippen LogP contribution in [-0.2, 0) is 9.59 Å². The molecule has 0 spiro atoms. The lowest BCUT2D eigenvalue weighted by molar-refractivity contribution is -0.125. The highest BCUT2D eigenvalue weighted by Crippen LogP contribution is 2.29. The number of benzene rings is 1. The summed E-state index contributed by atoms with van der Waals surface area (Å²) >= 11 is 0. The summed E-state index contributed by atoms with van der Waals surface area (Å²) in [4.78, 5) is 23.3. The van der Waals surface area contributed by atoms with Crippen LogP contribution in [0.1, 0.15) is 45.2 Å². The summed E-state index contributed by atoms with van der Waals surface area (Å²) < 4.78 is 5.81. The molecule has 142 valence electrons. The monoisotopic (exact) mass is 371 g/mol. The van der Waals surface area contributed by atoms with Gasteiger partial charge in [0.15, 0.2) is 0 Å². The van der Waals surface area contributed by atoms with Crippen molar-refractivity contribution in [3.8, 4) is 5.75 Å². The average Bonchev–Trinajstić information content (AvgIpc) is 2.57. The Balaban J connectivity index is 0.00000576. The molecule has 0 saturated carbocycles. The number of halogens is 1. The van der Waals surface area contributed by atoms with Gasteiger partial charge in [-0.25, -0.2) is 0 Å². The molecule has 0 aromatic heterocycles. The van der Waals surface area contributed by atoms with Gasteiger partial charge in [0, 0.05) is 5.56 Å². The molecule has 0 aliphatic heterocycles. The van der Waals surface area contributed by atoms with Crippen molar-refractivity contribution >= 4 is 24.2 Å². The molecule has 0 radical (unpaired) electrons. The van der Waals surface area contributed by atoms with Gasteiger partial charge in [-0.15, -0.1) is 12.4 Å². The fraction of sp³-hybridized carbons (Fsp3) is 0.556. The first kappa shape index (κ1) is 23.2. The second-order valence-corrected chi connectivity index (χ2v) is 6.12. The van der Waals surface area contributed by atoms with E-state index in [2.05, 4.69) is 31.4 Å². The van der Waals surface area contributed by atoms with Crippen LogP contribution < -0.4 is 21.1 Å². The van der Waals surface area contributed by atoms with E-state index in [1.54, 1.807) is 0 Å². The van der Waals surface area contributed by atoms with Gasteiger partial charge >= 0.3 is 0 Å². The zero-order chi connectivity index (χ0) is 17.9. The Morgan fingerprint density at radius 3 is 2.48 bits per heavy atom. The summed E-state index contributed by atoms with van der Waals surface area (Å²) in [6.45, 7) is 6.68. The normalized spacial score (nSPS) is 11.4. The van der Waals surface area contributed by atoms with Crippen LogP contribution in [0.25, 0.3) is 0 Å². The zero-order valence-corrected chi connectivity index (χ0v) is 16.0. The van der Waals surface area contributed by atoms with Gasteiger partial charge in [0.2, 0.25) is 11.8 Å². The minimum atomic E-state index is -0.350. The Morgan fingerprint density at radius 2 is 1.88 bits per heavy atom. The molecule has 2 amide bonds. The standard InChI is InChI=1S/C18H29N3O3.ClH/c1-4-9-24-16-8-6-5-7-14(16)15(10-13(2)3)21-18(23)12-20-17(22)11-19;/h5-8,13,15H,4,9-12,19H2,1-3H3,(H,20,22)(H,21,23);1H. The smallest absolute Gasteiger partial charge is 0.239 e. The van der Waals surface area contributed by atoms with E-state index in [1.807, 2.05) is 24.3 Å². The van der Waals surface area contributed by atoms with E-state index in [1.165, 1.54) is 0 Å². The maximum atomic E-state index is 12.1. The first-order chi connectivity index (χ1) is 11.5. The third-order valence-electron chi connectivity index (χ3n) is 3.43. The predicted octanol–water partition coefficient (Wildman–Crippen LogP) is 2.18. The van der Waals surface area contributed by atoms with Crippen molar-refractivity contribution < 1.29 is 14.3 Å². The molecule has 0 bridgehead atoms. The molecule has 0 aliphatic rings. The van der Waals surface area contributed by atoms with E-state index in [0.29, 0.717) is 12.5 Å². The van der Waals surface area contributed by atoms with Crippen molar-refractivity contribution in [1.82, 2.24) is 10.6 Å². The van der Waals surface area contributed by atoms with Crippen molar-refractivity contribution in [3.05, 3.63) is 29.8 Å². The molecule has 1 unspecified atom stereocenters. The van der Waals surface area contributed by atoms with Gasteiger partial charge in [0.25, 0.3) is 0 Å². The molecular formula is C18H30ClN3O3.